The van der Waals surface area contributed by atoms with Crippen LogP contribution in [0.5, 0.6) is 0 Å². The van der Waals surface area contributed by atoms with Crippen molar-refractivity contribution in [3.63, 3.8) is 0 Å². The van der Waals surface area contributed by atoms with E-state index in [-0.39, 0.29) is 18.3 Å². The Morgan fingerprint density at radius 1 is 1.32 bits per heavy atom. The van der Waals surface area contributed by atoms with Crippen LogP contribution >= 0.6 is 11.9 Å². The van der Waals surface area contributed by atoms with Crippen molar-refractivity contribution in [2.24, 2.45) is 10.9 Å². The largest absolute Gasteiger partial charge is 0.411 e. The summed E-state index contributed by atoms with van der Waals surface area (Å²) in [5, 5.41) is 0. The molecule has 1 N–H and O–H groups in total. The molecule has 4 rings (SSSR count). The van der Waals surface area contributed by atoms with E-state index in [1.165, 1.54) is 22.9 Å². The third kappa shape index (κ3) is 3.31. The van der Waals surface area contributed by atoms with Gasteiger partial charge in [-0.1, -0.05) is 0 Å². The fourth-order valence-corrected chi connectivity index (χ4v) is 3.94. The smallest absolute Gasteiger partial charge is 0.374 e. The van der Waals surface area contributed by atoms with E-state index in [0.717, 1.165) is 24.7 Å². The number of benzene rings is 1. The van der Waals surface area contributed by atoms with E-state index >= 15 is 0 Å². The highest BCUT2D eigenvalue weighted by Crippen LogP contribution is 2.45. The second kappa shape index (κ2) is 6.05. The van der Waals surface area contributed by atoms with Crippen LogP contribution < -0.4 is 9.62 Å². The van der Waals surface area contributed by atoms with Gasteiger partial charge in [0.25, 0.3) is 0 Å². The zero-order valence-corrected chi connectivity index (χ0v) is 14.3. The lowest BCUT2D eigenvalue weighted by atomic mass is 10.1. The molecule has 136 valence electrons. The summed E-state index contributed by atoms with van der Waals surface area (Å²) in [6.45, 7) is 1.27. The minimum absolute atomic E-state index is 0.0342. The summed E-state index contributed by atoms with van der Waals surface area (Å²) in [6, 6.07) is 0.639. The quantitative estimate of drug-likeness (QED) is 0.626. The lowest BCUT2D eigenvalue weighted by Crippen LogP contribution is -2.56. The van der Waals surface area contributed by atoms with Gasteiger partial charge in [0.05, 0.1) is 23.3 Å². The van der Waals surface area contributed by atoms with Crippen LogP contribution in [0.4, 0.5) is 28.9 Å². The van der Waals surface area contributed by atoms with Gasteiger partial charge in [0.2, 0.25) is 0 Å². The molecule has 2 fully saturated rings. The zero-order chi connectivity index (χ0) is 17.8. The number of ether oxygens (including phenoxy) is 1. The molecule has 0 unspecified atom stereocenters. The topological polar surface area (TPSA) is 36.9 Å². The number of alkyl halides is 3. The van der Waals surface area contributed by atoms with Crippen molar-refractivity contribution >= 4 is 29.2 Å². The fourth-order valence-electron chi connectivity index (χ4n) is 3.09. The van der Waals surface area contributed by atoms with Gasteiger partial charge in [-0.15, -0.1) is 0 Å². The predicted octanol–water partition coefficient (Wildman–Crippen LogP) is 4.03. The van der Waals surface area contributed by atoms with Crippen LogP contribution in [0.2, 0.25) is 0 Å². The van der Waals surface area contributed by atoms with Crippen LogP contribution in [0.25, 0.3) is 0 Å². The van der Waals surface area contributed by atoms with E-state index in [1.54, 1.807) is 6.92 Å². The molecule has 0 amide bonds. The highest BCUT2D eigenvalue weighted by molar-refractivity contribution is 7.98. The van der Waals surface area contributed by atoms with E-state index in [1.807, 2.05) is 0 Å². The number of morpholine rings is 1. The van der Waals surface area contributed by atoms with Crippen LogP contribution in [-0.4, -0.2) is 37.3 Å². The van der Waals surface area contributed by atoms with Gasteiger partial charge in [-0.25, -0.2) is 9.38 Å². The summed E-state index contributed by atoms with van der Waals surface area (Å²) in [7, 11) is 0. The molecule has 3 aliphatic rings. The number of nitrogens with one attached hydrogen (secondary N) is 1. The van der Waals surface area contributed by atoms with Crippen molar-refractivity contribution in [2.45, 2.75) is 43.0 Å². The fraction of sp³-hybridized carbons (Fsp3) is 0.562. The molecule has 2 aliphatic heterocycles. The van der Waals surface area contributed by atoms with Crippen molar-refractivity contribution in [1.82, 2.24) is 4.72 Å². The molecule has 2 atom stereocenters. The Morgan fingerprint density at radius 3 is 2.76 bits per heavy atom. The maximum Gasteiger partial charge on any atom is 0.411 e. The van der Waals surface area contributed by atoms with Gasteiger partial charge < -0.3 is 14.4 Å². The molecule has 0 aromatic heterocycles. The summed E-state index contributed by atoms with van der Waals surface area (Å²) in [5.74, 6) is 0.504. The van der Waals surface area contributed by atoms with Gasteiger partial charge in [0, 0.05) is 12.5 Å². The Kier molecular flexibility index (Phi) is 4.10. The van der Waals surface area contributed by atoms with E-state index in [0.29, 0.717) is 16.5 Å². The first kappa shape index (κ1) is 17.0. The average Bonchev–Trinajstić information content (AvgIpc) is 3.37. The summed E-state index contributed by atoms with van der Waals surface area (Å²) < 4.78 is 62.8. The third-order valence-electron chi connectivity index (χ3n) is 4.54. The second-order valence-corrected chi connectivity index (χ2v) is 7.45. The molecular weight excluding hydrogens is 358 g/mol. The third-order valence-corrected chi connectivity index (χ3v) is 5.38. The Morgan fingerprint density at radius 2 is 2.08 bits per heavy atom. The molecule has 2 heterocycles. The van der Waals surface area contributed by atoms with Crippen LogP contribution in [0.3, 0.4) is 0 Å². The standard InChI is InChI=1S/C16H17F4N3OS/c1-8-6-23(13(7-24-8)16(18,19)20)11-4-10(17)5-12-14(11)21-15(22-25-12)9-2-3-9/h4-5,8-9,13H,2-3,6-7H2,1H3,(H,21,22)/t8-,13+/m1/s1. The summed E-state index contributed by atoms with van der Waals surface area (Å²) in [5.41, 5.74) is 0.593. The molecule has 1 saturated heterocycles. The van der Waals surface area contributed by atoms with Gasteiger partial charge in [-0.05, 0) is 43.8 Å². The van der Waals surface area contributed by atoms with E-state index in [9.17, 15) is 17.6 Å². The predicted molar refractivity (Wildman–Crippen MR) is 87.8 cm³/mol. The van der Waals surface area contributed by atoms with Crippen LogP contribution in [-0.2, 0) is 4.74 Å². The first-order chi connectivity index (χ1) is 11.8. The molecule has 4 nitrogen and oxygen atoms in total. The van der Waals surface area contributed by atoms with Crippen molar-refractivity contribution in [2.75, 3.05) is 18.1 Å². The monoisotopic (exact) mass is 375 g/mol. The van der Waals surface area contributed by atoms with Crippen molar-refractivity contribution in [3.8, 4) is 0 Å². The summed E-state index contributed by atoms with van der Waals surface area (Å²) in [4.78, 5) is 6.22. The number of amidine groups is 1. The lowest BCUT2D eigenvalue weighted by Gasteiger charge is -2.41. The molecule has 9 heteroatoms. The number of rotatable bonds is 2. The van der Waals surface area contributed by atoms with Crippen LogP contribution in [0.1, 0.15) is 19.8 Å². The Bertz CT molecular complexity index is 720. The molecular formula is C16H17F4N3OS. The average molecular weight is 375 g/mol. The van der Waals surface area contributed by atoms with Gasteiger partial charge in [0.1, 0.15) is 23.4 Å². The highest BCUT2D eigenvalue weighted by Gasteiger charge is 2.47. The zero-order valence-electron chi connectivity index (χ0n) is 13.4. The van der Waals surface area contributed by atoms with Crippen molar-refractivity contribution in [3.05, 3.63) is 17.9 Å². The molecule has 0 bridgehead atoms. The molecule has 0 spiro atoms. The summed E-state index contributed by atoms with van der Waals surface area (Å²) in [6.07, 6.45) is -2.82. The van der Waals surface area contributed by atoms with E-state index in [4.69, 9.17) is 4.74 Å². The number of fused-ring (bicyclic) bond motifs is 1. The van der Waals surface area contributed by atoms with E-state index < -0.39 is 24.6 Å². The van der Waals surface area contributed by atoms with Crippen LogP contribution in [0.15, 0.2) is 22.0 Å². The van der Waals surface area contributed by atoms with Gasteiger partial charge in [0.15, 0.2) is 0 Å². The Balaban J connectivity index is 1.79. The van der Waals surface area contributed by atoms with Gasteiger partial charge in [-0.3, -0.25) is 0 Å². The lowest BCUT2D eigenvalue weighted by molar-refractivity contribution is -0.173. The maximum absolute atomic E-state index is 14.1. The second-order valence-electron chi connectivity index (χ2n) is 6.60. The minimum Gasteiger partial charge on any atom is -0.374 e. The normalized spacial score (nSPS) is 26.8. The Hall–Kier alpha value is -1.48. The first-order valence-electron chi connectivity index (χ1n) is 8.13. The molecule has 1 aliphatic carbocycles. The SMILES string of the molecule is C[C@@H]1CN(c2cc(F)cc3c2N=C(C2CC2)NS3)[C@H](C(F)(F)F)CO1. The molecule has 1 saturated carbocycles. The molecule has 1 aromatic rings. The highest BCUT2D eigenvalue weighted by atomic mass is 32.2. The summed E-state index contributed by atoms with van der Waals surface area (Å²) >= 11 is 1.21. The van der Waals surface area contributed by atoms with Gasteiger partial charge in [-0.2, -0.15) is 13.2 Å². The minimum atomic E-state index is -4.47. The number of aliphatic imine (C=N–C) groups is 1. The van der Waals surface area contributed by atoms with Crippen LogP contribution in [0, 0.1) is 11.7 Å². The molecule has 0 radical (unpaired) electrons. The number of halogens is 4. The van der Waals surface area contributed by atoms with Gasteiger partial charge >= 0.3 is 6.18 Å². The van der Waals surface area contributed by atoms with Crippen molar-refractivity contribution in [1.29, 1.82) is 0 Å². The number of anilines is 1. The number of hydrogen-bond acceptors (Lipinski definition) is 5. The molecule has 1 aromatic carbocycles. The van der Waals surface area contributed by atoms with Crippen molar-refractivity contribution < 1.29 is 22.3 Å². The Labute approximate surface area is 146 Å². The first-order valence-corrected chi connectivity index (χ1v) is 8.94. The number of hydrogen-bond donors (Lipinski definition) is 1. The molecule has 25 heavy (non-hydrogen) atoms. The van der Waals surface area contributed by atoms with E-state index in [2.05, 4.69) is 9.71 Å². The maximum atomic E-state index is 14.1. The number of nitrogens with zero attached hydrogens (tertiary/aromatic N) is 2.